The minimum Gasteiger partial charge on any atom is -0.392 e. The van der Waals surface area contributed by atoms with E-state index < -0.39 is 24.0 Å². The molecule has 0 saturated heterocycles. The van der Waals surface area contributed by atoms with Crippen LogP contribution in [0.25, 0.3) is 0 Å². The predicted octanol–water partition coefficient (Wildman–Crippen LogP) is 0.0131. The van der Waals surface area contributed by atoms with Gasteiger partial charge < -0.3 is 9.84 Å². The van der Waals surface area contributed by atoms with Gasteiger partial charge in [0.05, 0.1) is 6.10 Å². The summed E-state index contributed by atoms with van der Waals surface area (Å²) in [5.41, 5.74) is 0.547. The summed E-state index contributed by atoms with van der Waals surface area (Å²) in [5.74, 6) is -2.02. The summed E-state index contributed by atoms with van der Waals surface area (Å²) in [6.45, 7) is 3.11. The van der Waals surface area contributed by atoms with Crippen LogP contribution in [0.4, 0.5) is 0 Å². The molecule has 0 aromatic rings. The molecule has 0 spiro atoms. The van der Waals surface area contributed by atoms with Gasteiger partial charge in [-0.2, -0.15) is 0 Å². The van der Waals surface area contributed by atoms with E-state index in [2.05, 4.69) is 4.74 Å². The Morgan fingerprint density at radius 2 is 2.17 bits per heavy atom. The second-order valence-electron chi connectivity index (χ2n) is 2.85. The molecule has 2 unspecified atom stereocenters. The molecular weight excluding hydrogens is 160 g/mol. The molecule has 1 aliphatic heterocycles. The van der Waals surface area contributed by atoms with Crippen LogP contribution in [0.2, 0.25) is 0 Å². The predicted molar refractivity (Wildman–Crippen MR) is 40.0 cm³/mol. The Morgan fingerprint density at radius 3 is 2.58 bits per heavy atom. The van der Waals surface area contributed by atoms with Crippen molar-refractivity contribution in [1.82, 2.24) is 0 Å². The largest absolute Gasteiger partial charge is 0.392 e. The van der Waals surface area contributed by atoms with Crippen molar-refractivity contribution >= 4 is 11.9 Å². The zero-order chi connectivity index (χ0) is 9.30. The van der Waals surface area contributed by atoms with Gasteiger partial charge in [-0.05, 0) is 19.4 Å². The first-order valence-electron chi connectivity index (χ1n) is 3.64. The zero-order valence-corrected chi connectivity index (χ0v) is 6.90. The van der Waals surface area contributed by atoms with Crippen LogP contribution in [-0.4, -0.2) is 23.1 Å². The number of carbonyl (C=O) groups excluding carboxylic acids is 2. The highest BCUT2D eigenvalue weighted by molar-refractivity contribution is 5.98. The van der Waals surface area contributed by atoms with Crippen molar-refractivity contribution in [3.05, 3.63) is 11.6 Å². The molecule has 2 atom stereocenters. The van der Waals surface area contributed by atoms with Gasteiger partial charge in [-0.25, -0.2) is 4.79 Å². The molecule has 12 heavy (non-hydrogen) atoms. The number of carbonyl (C=O) groups is 2. The van der Waals surface area contributed by atoms with Gasteiger partial charge in [-0.1, -0.05) is 0 Å². The molecule has 0 aliphatic carbocycles. The van der Waals surface area contributed by atoms with Gasteiger partial charge in [0.2, 0.25) is 0 Å². The quantitative estimate of drug-likeness (QED) is 0.445. The number of rotatable bonds is 1. The van der Waals surface area contributed by atoms with Crippen LogP contribution >= 0.6 is 0 Å². The van der Waals surface area contributed by atoms with E-state index in [1.807, 2.05) is 0 Å². The van der Waals surface area contributed by atoms with Crippen molar-refractivity contribution in [1.29, 1.82) is 0 Å². The summed E-state index contributed by atoms with van der Waals surface area (Å²) >= 11 is 0. The SMILES string of the molecule is CC1=CC(=O)OC(=O)C1C(C)O. The number of aliphatic hydroxyl groups is 1. The van der Waals surface area contributed by atoms with Crippen molar-refractivity contribution in [2.24, 2.45) is 5.92 Å². The van der Waals surface area contributed by atoms with Crippen molar-refractivity contribution in [2.75, 3.05) is 0 Å². The maximum Gasteiger partial charge on any atom is 0.338 e. The van der Waals surface area contributed by atoms with E-state index in [-0.39, 0.29) is 0 Å². The van der Waals surface area contributed by atoms with Crippen LogP contribution in [0.1, 0.15) is 13.8 Å². The molecule has 1 heterocycles. The van der Waals surface area contributed by atoms with Gasteiger partial charge >= 0.3 is 11.9 Å². The lowest BCUT2D eigenvalue weighted by atomic mass is 9.94. The molecule has 1 aliphatic rings. The maximum absolute atomic E-state index is 11.0. The van der Waals surface area contributed by atoms with Gasteiger partial charge in [0, 0.05) is 6.08 Å². The van der Waals surface area contributed by atoms with Crippen LogP contribution in [0, 0.1) is 5.92 Å². The Morgan fingerprint density at radius 1 is 1.58 bits per heavy atom. The fourth-order valence-corrected chi connectivity index (χ4v) is 1.23. The minimum atomic E-state index is -0.818. The molecule has 0 aromatic carbocycles. The van der Waals surface area contributed by atoms with E-state index in [0.717, 1.165) is 0 Å². The molecule has 1 rings (SSSR count). The maximum atomic E-state index is 11.0. The first-order valence-corrected chi connectivity index (χ1v) is 3.64. The van der Waals surface area contributed by atoms with Gasteiger partial charge in [-0.15, -0.1) is 0 Å². The summed E-state index contributed by atoms with van der Waals surface area (Å²) < 4.78 is 4.32. The topological polar surface area (TPSA) is 63.6 Å². The van der Waals surface area contributed by atoms with E-state index >= 15 is 0 Å². The standard InChI is InChI=1S/C8H10O4/c1-4-3-6(10)12-8(11)7(4)5(2)9/h3,5,7,9H,1-2H3. The first kappa shape index (κ1) is 8.93. The molecule has 0 bridgehead atoms. The van der Waals surface area contributed by atoms with Crippen LogP contribution in [-0.2, 0) is 14.3 Å². The minimum absolute atomic E-state index is 0.547. The lowest BCUT2D eigenvalue weighted by molar-refractivity contribution is -0.162. The van der Waals surface area contributed by atoms with E-state index in [4.69, 9.17) is 5.11 Å². The summed E-state index contributed by atoms with van der Waals surface area (Å²) in [5, 5.41) is 9.15. The summed E-state index contributed by atoms with van der Waals surface area (Å²) in [4.78, 5) is 21.7. The summed E-state index contributed by atoms with van der Waals surface area (Å²) in [6.07, 6.45) is 0.403. The fraction of sp³-hybridized carbons (Fsp3) is 0.500. The molecular formula is C8H10O4. The first-order chi connectivity index (χ1) is 5.52. The highest BCUT2D eigenvalue weighted by atomic mass is 16.6. The molecule has 0 saturated carbocycles. The molecule has 4 nitrogen and oxygen atoms in total. The normalized spacial score (nSPS) is 26.2. The number of ether oxygens (including phenoxy) is 1. The number of esters is 2. The average Bonchev–Trinajstić information content (AvgIpc) is 1.82. The van der Waals surface area contributed by atoms with Gasteiger partial charge in [0.25, 0.3) is 0 Å². The average molecular weight is 170 g/mol. The third-order valence-corrected chi connectivity index (χ3v) is 1.77. The number of hydrogen-bond donors (Lipinski definition) is 1. The Kier molecular flexibility index (Phi) is 2.28. The van der Waals surface area contributed by atoms with Crippen LogP contribution < -0.4 is 0 Å². The number of cyclic esters (lactones) is 2. The molecule has 4 heteroatoms. The van der Waals surface area contributed by atoms with Crippen molar-refractivity contribution in [3.8, 4) is 0 Å². The van der Waals surface area contributed by atoms with Crippen LogP contribution in [0.15, 0.2) is 11.6 Å². The fourth-order valence-electron chi connectivity index (χ4n) is 1.23. The van der Waals surface area contributed by atoms with Crippen LogP contribution in [0.3, 0.4) is 0 Å². The van der Waals surface area contributed by atoms with E-state index in [1.54, 1.807) is 6.92 Å². The smallest absolute Gasteiger partial charge is 0.338 e. The molecule has 0 aromatic heterocycles. The van der Waals surface area contributed by atoms with Gasteiger partial charge in [0.15, 0.2) is 0 Å². The van der Waals surface area contributed by atoms with Gasteiger partial charge in [-0.3, -0.25) is 4.79 Å². The third-order valence-electron chi connectivity index (χ3n) is 1.77. The second-order valence-corrected chi connectivity index (χ2v) is 2.85. The Bertz CT molecular complexity index is 252. The monoisotopic (exact) mass is 170 g/mol. The van der Waals surface area contributed by atoms with E-state index in [9.17, 15) is 9.59 Å². The lowest BCUT2D eigenvalue weighted by Crippen LogP contribution is -2.33. The number of hydrogen-bond acceptors (Lipinski definition) is 4. The summed E-state index contributed by atoms with van der Waals surface area (Å²) in [7, 11) is 0. The van der Waals surface area contributed by atoms with Crippen molar-refractivity contribution < 1.29 is 19.4 Å². The Balaban J connectivity index is 2.94. The molecule has 0 radical (unpaired) electrons. The molecule has 1 N–H and O–H groups in total. The third kappa shape index (κ3) is 1.53. The summed E-state index contributed by atoms with van der Waals surface area (Å²) in [6, 6.07) is 0. The van der Waals surface area contributed by atoms with E-state index in [0.29, 0.717) is 5.57 Å². The van der Waals surface area contributed by atoms with Gasteiger partial charge in [0.1, 0.15) is 5.92 Å². The Labute approximate surface area is 69.8 Å². The molecule has 0 fully saturated rings. The molecule has 0 amide bonds. The second kappa shape index (κ2) is 3.06. The van der Waals surface area contributed by atoms with Crippen molar-refractivity contribution in [3.63, 3.8) is 0 Å². The zero-order valence-electron chi connectivity index (χ0n) is 6.90. The number of aliphatic hydroxyl groups excluding tert-OH is 1. The highest BCUT2D eigenvalue weighted by Crippen LogP contribution is 2.20. The highest BCUT2D eigenvalue weighted by Gasteiger charge is 2.32. The van der Waals surface area contributed by atoms with Crippen molar-refractivity contribution in [2.45, 2.75) is 20.0 Å². The van der Waals surface area contributed by atoms with E-state index in [1.165, 1.54) is 13.0 Å². The molecule has 66 valence electrons. The van der Waals surface area contributed by atoms with Crippen LogP contribution in [0.5, 0.6) is 0 Å². The Hall–Kier alpha value is -1.16. The lowest BCUT2D eigenvalue weighted by Gasteiger charge is -2.21.